The van der Waals surface area contributed by atoms with E-state index >= 15 is 0 Å². The van der Waals surface area contributed by atoms with Crippen LogP contribution in [0.25, 0.3) is 0 Å². The second-order valence-electron chi connectivity index (χ2n) is 4.10. The zero-order valence-electron chi connectivity index (χ0n) is 10.3. The van der Waals surface area contributed by atoms with Gasteiger partial charge >= 0.3 is 10.1 Å². The molecule has 0 bridgehead atoms. The highest BCUT2D eigenvalue weighted by Crippen LogP contribution is 2.21. The molecule has 0 aliphatic rings. The molecule has 2 aromatic carbocycles. The van der Waals surface area contributed by atoms with Gasteiger partial charge < -0.3 is 4.18 Å². The minimum absolute atomic E-state index is 0.156. The maximum Gasteiger partial charge on any atom is 0.339 e. The maximum atomic E-state index is 12.0. The van der Waals surface area contributed by atoms with Crippen LogP contribution in [0.3, 0.4) is 0 Å². The van der Waals surface area contributed by atoms with Gasteiger partial charge in [0.1, 0.15) is 10.6 Å². The van der Waals surface area contributed by atoms with Crippen molar-refractivity contribution in [2.24, 2.45) is 0 Å². The van der Waals surface area contributed by atoms with E-state index in [0.717, 1.165) is 11.1 Å². The van der Waals surface area contributed by atoms with Gasteiger partial charge in [0, 0.05) is 0 Å². The van der Waals surface area contributed by atoms with Gasteiger partial charge in [-0.1, -0.05) is 24.3 Å². The molecule has 0 atom stereocenters. The monoisotopic (exact) mass is 262 g/mol. The summed E-state index contributed by atoms with van der Waals surface area (Å²) in [7, 11) is -3.74. The Morgan fingerprint density at radius 3 is 2.17 bits per heavy atom. The molecule has 0 saturated heterocycles. The lowest BCUT2D eigenvalue weighted by Gasteiger charge is -2.08. The Bertz CT molecular complexity index is 646. The summed E-state index contributed by atoms with van der Waals surface area (Å²) in [5.41, 5.74) is 2.09. The quantitative estimate of drug-likeness (QED) is 0.798. The molecule has 4 heteroatoms. The second kappa shape index (κ2) is 4.82. The summed E-state index contributed by atoms with van der Waals surface area (Å²) in [5, 5.41) is 0. The summed E-state index contributed by atoms with van der Waals surface area (Å²) in [6.45, 7) is 3.88. The highest BCUT2D eigenvalue weighted by Gasteiger charge is 2.15. The first kappa shape index (κ1) is 12.6. The van der Waals surface area contributed by atoms with Crippen molar-refractivity contribution in [2.45, 2.75) is 18.7 Å². The normalized spacial score (nSPS) is 11.2. The molecule has 0 unspecified atom stereocenters. The minimum atomic E-state index is -3.74. The molecule has 18 heavy (non-hydrogen) atoms. The third kappa shape index (κ3) is 2.71. The molecule has 0 N–H and O–H groups in total. The number of hydrogen-bond donors (Lipinski definition) is 0. The molecular weight excluding hydrogens is 248 g/mol. The van der Waals surface area contributed by atoms with E-state index in [1.54, 1.807) is 30.3 Å². The van der Waals surface area contributed by atoms with Crippen molar-refractivity contribution in [2.75, 3.05) is 0 Å². The van der Waals surface area contributed by atoms with E-state index in [1.807, 2.05) is 19.9 Å². The fraction of sp³-hybridized carbons (Fsp3) is 0.143. The van der Waals surface area contributed by atoms with Gasteiger partial charge in [0.25, 0.3) is 0 Å². The predicted molar refractivity (Wildman–Crippen MR) is 70.2 cm³/mol. The minimum Gasteiger partial charge on any atom is -0.379 e. The van der Waals surface area contributed by atoms with Gasteiger partial charge in [-0.15, -0.1) is 0 Å². The van der Waals surface area contributed by atoms with E-state index in [1.165, 1.54) is 12.1 Å². The number of benzene rings is 2. The molecule has 0 aromatic heterocycles. The van der Waals surface area contributed by atoms with Crippen LogP contribution >= 0.6 is 0 Å². The van der Waals surface area contributed by atoms with Gasteiger partial charge in [-0.25, -0.2) is 0 Å². The Kier molecular flexibility index (Phi) is 3.39. The topological polar surface area (TPSA) is 43.4 Å². The predicted octanol–water partition coefficient (Wildman–Crippen LogP) is 3.07. The molecule has 0 amide bonds. The molecule has 2 rings (SSSR count). The average Bonchev–Trinajstić information content (AvgIpc) is 2.35. The Morgan fingerprint density at radius 1 is 0.889 bits per heavy atom. The van der Waals surface area contributed by atoms with Gasteiger partial charge in [0.05, 0.1) is 0 Å². The van der Waals surface area contributed by atoms with E-state index in [2.05, 4.69) is 0 Å². The molecule has 0 spiro atoms. The molecular formula is C14H14O3S. The van der Waals surface area contributed by atoms with Crippen molar-refractivity contribution in [1.82, 2.24) is 0 Å². The van der Waals surface area contributed by atoms with Crippen LogP contribution in [0.2, 0.25) is 0 Å². The van der Waals surface area contributed by atoms with Crippen LogP contribution in [-0.4, -0.2) is 8.42 Å². The lowest BCUT2D eigenvalue weighted by Crippen LogP contribution is -2.09. The van der Waals surface area contributed by atoms with Crippen molar-refractivity contribution in [3.63, 3.8) is 0 Å². The summed E-state index contributed by atoms with van der Waals surface area (Å²) >= 11 is 0. The van der Waals surface area contributed by atoms with Crippen LogP contribution in [0.4, 0.5) is 0 Å². The number of rotatable bonds is 3. The van der Waals surface area contributed by atoms with Gasteiger partial charge in [-0.2, -0.15) is 8.42 Å². The van der Waals surface area contributed by atoms with E-state index in [-0.39, 0.29) is 4.90 Å². The second-order valence-corrected chi connectivity index (χ2v) is 5.64. The van der Waals surface area contributed by atoms with Crippen LogP contribution in [0, 0.1) is 13.8 Å². The molecule has 0 saturated carbocycles. The number of aryl methyl sites for hydroxylation is 2. The largest absolute Gasteiger partial charge is 0.379 e. The van der Waals surface area contributed by atoms with E-state index < -0.39 is 10.1 Å². The van der Waals surface area contributed by atoms with E-state index in [9.17, 15) is 8.42 Å². The van der Waals surface area contributed by atoms with Gasteiger partial charge in [-0.3, -0.25) is 0 Å². The molecule has 0 fully saturated rings. The highest BCUT2D eigenvalue weighted by atomic mass is 32.2. The van der Waals surface area contributed by atoms with E-state index in [4.69, 9.17) is 4.18 Å². The van der Waals surface area contributed by atoms with Crippen LogP contribution in [0.15, 0.2) is 53.4 Å². The molecule has 0 radical (unpaired) electrons. The average molecular weight is 262 g/mol. The molecule has 0 heterocycles. The van der Waals surface area contributed by atoms with Gasteiger partial charge in [0.2, 0.25) is 0 Å². The van der Waals surface area contributed by atoms with Crippen LogP contribution in [-0.2, 0) is 10.1 Å². The lowest BCUT2D eigenvalue weighted by atomic mass is 10.1. The molecule has 0 aliphatic carbocycles. The summed E-state index contributed by atoms with van der Waals surface area (Å²) < 4.78 is 29.0. The fourth-order valence-corrected chi connectivity index (χ4v) is 2.47. The number of hydrogen-bond acceptors (Lipinski definition) is 3. The summed E-state index contributed by atoms with van der Waals surface area (Å²) in [4.78, 5) is 0.156. The molecule has 0 aliphatic heterocycles. The summed E-state index contributed by atoms with van der Waals surface area (Å²) in [5.74, 6) is 0.335. The van der Waals surface area contributed by atoms with E-state index in [0.29, 0.717) is 5.75 Å². The molecule has 3 nitrogen and oxygen atoms in total. The first-order valence-electron chi connectivity index (χ1n) is 5.56. The third-order valence-corrected chi connectivity index (χ3v) is 3.98. The zero-order chi connectivity index (χ0) is 13.2. The van der Waals surface area contributed by atoms with Crippen LogP contribution in [0.1, 0.15) is 11.1 Å². The Hall–Kier alpha value is -1.81. The standard InChI is InChI=1S/C14H14O3S/c1-11-8-9-13(10-12(11)2)17-18(15,16)14-6-4-3-5-7-14/h3-10H,1-2H3. The van der Waals surface area contributed by atoms with Crippen molar-refractivity contribution in [3.8, 4) is 5.75 Å². The summed E-state index contributed by atoms with van der Waals surface area (Å²) in [6, 6.07) is 13.3. The van der Waals surface area contributed by atoms with Gasteiger partial charge in [-0.05, 0) is 49.2 Å². The van der Waals surface area contributed by atoms with Crippen LogP contribution < -0.4 is 4.18 Å². The third-order valence-electron chi connectivity index (χ3n) is 2.72. The fourth-order valence-electron chi connectivity index (χ4n) is 1.53. The Balaban J connectivity index is 2.31. The molecule has 2 aromatic rings. The smallest absolute Gasteiger partial charge is 0.339 e. The Labute approximate surface area is 107 Å². The van der Waals surface area contributed by atoms with Crippen molar-refractivity contribution < 1.29 is 12.6 Å². The first-order valence-corrected chi connectivity index (χ1v) is 6.97. The van der Waals surface area contributed by atoms with Crippen molar-refractivity contribution >= 4 is 10.1 Å². The van der Waals surface area contributed by atoms with Gasteiger partial charge in [0.15, 0.2) is 0 Å². The lowest BCUT2D eigenvalue weighted by molar-refractivity contribution is 0.486. The maximum absolute atomic E-state index is 12.0. The zero-order valence-corrected chi connectivity index (χ0v) is 11.1. The van der Waals surface area contributed by atoms with Crippen molar-refractivity contribution in [3.05, 3.63) is 59.7 Å². The molecule has 94 valence electrons. The highest BCUT2D eigenvalue weighted by molar-refractivity contribution is 7.87. The summed E-state index contributed by atoms with van der Waals surface area (Å²) in [6.07, 6.45) is 0. The first-order chi connectivity index (χ1) is 8.49. The Morgan fingerprint density at radius 2 is 1.56 bits per heavy atom. The van der Waals surface area contributed by atoms with Crippen LogP contribution in [0.5, 0.6) is 5.75 Å². The SMILES string of the molecule is Cc1ccc(OS(=O)(=O)c2ccccc2)cc1C. The van der Waals surface area contributed by atoms with Crippen molar-refractivity contribution in [1.29, 1.82) is 0 Å².